The van der Waals surface area contributed by atoms with Crippen LogP contribution in [0.2, 0.25) is 0 Å². The van der Waals surface area contributed by atoms with Crippen molar-refractivity contribution in [3.63, 3.8) is 0 Å². The Hall–Kier alpha value is -1.02. The van der Waals surface area contributed by atoms with E-state index in [-0.39, 0.29) is 5.95 Å². The first-order valence-corrected chi connectivity index (χ1v) is 8.63. The minimum atomic E-state index is -3.15. The second kappa shape index (κ2) is 4.93. The number of anilines is 2. The van der Waals surface area contributed by atoms with Crippen LogP contribution < -0.4 is 10.6 Å². The largest absolute Gasteiger partial charge is 0.368 e. The Bertz CT molecular complexity index is 527. The summed E-state index contributed by atoms with van der Waals surface area (Å²) < 4.78 is 23.6. The van der Waals surface area contributed by atoms with Gasteiger partial charge in [0.15, 0.2) is 9.84 Å². The molecule has 100 valence electrons. The number of hydrogen-bond acceptors (Lipinski definition) is 7. The summed E-state index contributed by atoms with van der Waals surface area (Å²) in [6.45, 7) is 2.47. The van der Waals surface area contributed by atoms with E-state index < -0.39 is 15.2 Å². The fraction of sp³-hybridized carbons (Fsp3) is 0.600. The molecule has 8 heteroatoms. The molecule has 6 nitrogen and oxygen atoms in total. The lowest BCUT2D eigenvalue weighted by Gasteiger charge is -2.35. The molecule has 0 aliphatic carbocycles. The molecule has 2 rings (SSSR count). The van der Waals surface area contributed by atoms with E-state index in [9.17, 15) is 8.42 Å². The van der Waals surface area contributed by atoms with Crippen LogP contribution in [0.4, 0.5) is 11.8 Å². The summed E-state index contributed by atoms with van der Waals surface area (Å²) in [7, 11) is -3.15. The summed E-state index contributed by atoms with van der Waals surface area (Å²) in [5, 5.41) is -0.537. The van der Waals surface area contributed by atoms with E-state index in [4.69, 9.17) is 5.73 Å². The smallest absolute Gasteiger partial charge is 0.222 e. The van der Waals surface area contributed by atoms with Crippen LogP contribution in [0.3, 0.4) is 0 Å². The highest BCUT2D eigenvalue weighted by molar-refractivity contribution is 8.01. The third kappa shape index (κ3) is 2.86. The van der Waals surface area contributed by atoms with E-state index in [0.29, 0.717) is 18.1 Å². The lowest BCUT2D eigenvalue weighted by molar-refractivity contribution is 0.583. The number of aryl methyl sites for hydroxylation is 1. The summed E-state index contributed by atoms with van der Waals surface area (Å²) in [4.78, 5) is 9.94. The van der Waals surface area contributed by atoms with Crippen molar-refractivity contribution in [2.75, 3.05) is 34.9 Å². The normalized spacial score (nSPS) is 21.0. The zero-order valence-electron chi connectivity index (χ0n) is 10.3. The first kappa shape index (κ1) is 13.4. The first-order chi connectivity index (χ1) is 8.38. The maximum absolute atomic E-state index is 11.8. The van der Waals surface area contributed by atoms with Gasteiger partial charge in [0.05, 0.1) is 0 Å². The molecule has 0 spiro atoms. The number of rotatable bonds is 2. The lowest BCUT2D eigenvalue weighted by atomic mass is 10.4. The second-order valence-electron chi connectivity index (χ2n) is 4.28. The second-order valence-corrected chi connectivity index (χ2v) is 7.63. The van der Waals surface area contributed by atoms with Gasteiger partial charge in [-0.15, -0.1) is 0 Å². The van der Waals surface area contributed by atoms with Crippen LogP contribution in [0.5, 0.6) is 0 Å². The molecule has 1 fully saturated rings. The molecule has 1 aliphatic rings. The van der Waals surface area contributed by atoms with E-state index in [1.54, 1.807) is 22.7 Å². The van der Waals surface area contributed by atoms with E-state index in [1.165, 1.54) is 6.26 Å². The Morgan fingerprint density at radius 2 is 2.22 bits per heavy atom. The third-order valence-corrected chi connectivity index (χ3v) is 5.37. The van der Waals surface area contributed by atoms with Gasteiger partial charge in [-0.3, -0.25) is 0 Å². The number of nitrogens with zero attached hydrogens (tertiary/aromatic N) is 3. The zero-order chi connectivity index (χ0) is 13.3. The molecule has 1 unspecified atom stereocenters. The van der Waals surface area contributed by atoms with Gasteiger partial charge in [0.1, 0.15) is 11.2 Å². The van der Waals surface area contributed by atoms with E-state index in [1.807, 2.05) is 6.92 Å². The summed E-state index contributed by atoms with van der Waals surface area (Å²) in [5.74, 6) is 2.21. The molecule has 1 saturated heterocycles. The van der Waals surface area contributed by atoms with Crippen LogP contribution in [-0.2, 0) is 9.84 Å². The Morgan fingerprint density at radius 3 is 2.83 bits per heavy atom. The number of aromatic nitrogens is 2. The number of thioether (sulfide) groups is 1. The Kier molecular flexibility index (Phi) is 3.67. The van der Waals surface area contributed by atoms with Gasteiger partial charge in [-0.25, -0.2) is 13.4 Å². The Labute approximate surface area is 111 Å². The number of sulfone groups is 1. The highest BCUT2D eigenvalue weighted by Crippen LogP contribution is 2.25. The monoisotopic (exact) mass is 288 g/mol. The average molecular weight is 288 g/mol. The van der Waals surface area contributed by atoms with Gasteiger partial charge in [0.25, 0.3) is 0 Å². The predicted molar refractivity (Wildman–Crippen MR) is 74.5 cm³/mol. The van der Waals surface area contributed by atoms with Crippen molar-refractivity contribution >= 4 is 33.4 Å². The molecule has 0 saturated carbocycles. The quantitative estimate of drug-likeness (QED) is 0.836. The maximum atomic E-state index is 11.8. The Morgan fingerprint density at radius 1 is 1.50 bits per heavy atom. The third-order valence-electron chi connectivity index (χ3n) is 2.73. The fourth-order valence-corrected chi connectivity index (χ4v) is 4.75. The van der Waals surface area contributed by atoms with Gasteiger partial charge < -0.3 is 10.6 Å². The zero-order valence-corrected chi connectivity index (χ0v) is 12.0. The van der Waals surface area contributed by atoms with Gasteiger partial charge >= 0.3 is 0 Å². The molecule has 1 aromatic heterocycles. The molecule has 0 bridgehead atoms. The van der Waals surface area contributed by atoms with Crippen molar-refractivity contribution in [3.8, 4) is 0 Å². The van der Waals surface area contributed by atoms with Crippen LogP contribution in [0.25, 0.3) is 0 Å². The van der Waals surface area contributed by atoms with Crippen LogP contribution in [0, 0.1) is 6.92 Å². The Balaban J connectivity index is 2.40. The van der Waals surface area contributed by atoms with Crippen molar-refractivity contribution < 1.29 is 8.42 Å². The molecule has 1 aliphatic heterocycles. The van der Waals surface area contributed by atoms with Crippen molar-refractivity contribution in [2.24, 2.45) is 0 Å². The summed E-state index contributed by atoms with van der Waals surface area (Å²) in [6.07, 6.45) is 1.26. The molecule has 2 heterocycles. The molecule has 0 radical (unpaired) electrons. The van der Waals surface area contributed by atoms with Crippen LogP contribution >= 0.6 is 11.8 Å². The number of hydrogen-bond donors (Lipinski definition) is 1. The van der Waals surface area contributed by atoms with E-state index in [2.05, 4.69) is 9.97 Å². The van der Waals surface area contributed by atoms with Gasteiger partial charge in [-0.05, 0) is 6.92 Å². The minimum Gasteiger partial charge on any atom is -0.368 e. The standard InChI is InChI=1S/C10H16N4O2S2/c1-7-5-8(13-10(11)12-7)14-3-4-17-6-9(14)18(2,15)16/h5,9H,3-4,6H2,1-2H3,(H2,11,12,13). The van der Waals surface area contributed by atoms with Crippen molar-refractivity contribution in [2.45, 2.75) is 12.3 Å². The average Bonchev–Trinajstić information content (AvgIpc) is 2.26. The van der Waals surface area contributed by atoms with E-state index in [0.717, 1.165) is 11.4 Å². The highest BCUT2D eigenvalue weighted by atomic mass is 32.2. The minimum absolute atomic E-state index is 0.176. The lowest BCUT2D eigenvalue weighted by Crippen LogP contribution is -2.47. The maximum Gasteiger partial charge on any atom is 0.222 e. The highest BCUT2D eigenvalue weighted by Gasteiger charge is 2.32. The molecule has 0 aromatic carbocycles. The predicted octanol–water partition coefficient (Wildman–Crippen LogP) is 0.291. The summed E-state index contributed by atoms with van der Waals surface area (Å²) in [6, 6.07) is 1.77. The van der Waals surface area contributed by atoms with Gasteiger partial charge in [-0.1, -0.05) is 0 Å². The SMILES string of the molecule is Cc1cc(N2CCSCC2S(C)(=O)=O)nc(N)n1. The van der Waals surface area contributed by atoms with Crippen LogP contribution in [0.1, 0.15) is 5.69 Å². The molecule has 1 aromatic rings. The number of nitrogens with two attached hydrogens (primary N) is 1. The molecule has 0 amide bonds. The molecular formula is C10H16N4O2S2. The van der Waals surface area contributed by atoms with Crippen LogP contribution in [0.15, 0.2) is 6.07 Å². The van der Waals surface area contributed by atoms with Gasteiger partial charge in [0.2, 0.25) is 5.95 Å². The molecular weight excluding hydrogens is 272 g/mol. The van der Waals surface area contributed by atoms with E-state index >= 15 is 0 Å². The van der Waals surface area contributed by atoms with Crippen molar-refractivity contribution in [3.05, 3.63) is 11.8 Å². The van der Waals surface area contributed by atoms with Gasteiger partial charge in [0, 0.05) is 36.1 Å². The topological polar surface area (TPSA) is 89.2 Å². The fourth-order valence-electron chi connectivity index (χ4n) is 1.92. The van der Waals surface area contributed by atoms with Crippen molar-refractivity contribution in [1.82, 2.24) is 9.97 Å². The first-order valence-electron chi connectivity index (χ1n) is 5.52. The molecule has 1 atom stereocenters. The molecule has 2 N–H and O–H groups in total. The summed E-state index contributed by atoms with van der Waals surface area (Å²) >= 11 is 1.64. The molecule has 18 heavy (non-hydrogen) atoms. The summed E-state index contributed by atoms with van der Waals surface area (Å²) in [5.41, 5.74) is 6.36. The number of nitrogen functional groups attached to an aromatic ring is 1. The van der Waals surface area contributed by atoms with Gasteiger partial charge in [-0.2, -0.15) is 16.7 Å². The van der Waals surface area contributed by atoms with Crippen molar-refractivity contribution in [1.29, 1.82) is 0 Å². The van der Waals surface area contributed by atoms with Crippen LogP contribution in [-0.4, -0.2) is 48.1 Å².